The molecule has 1 aromatic carbocycles. The second-order valence-corrected chi connectivity index (χ2v) is 4.72. The lowest BCUT2D eigenvalue weighted by molar-refractivity contribution is 0.314. The molecule has 2 nitrogen and oxygen atoms in total. The third kappa shape index (κ3) is 3.82. The van der Waals surface area contributed by atoms with Crippen molar-refractivity contribution in [1.29, 1.82) is 0 Å². The number of halogens is 2. The smallest absolute Gasteiger partial charge is 0.201 e. The van der Waals surface area contributed by atoms with Gasteiger partial charge in [-0.15, -0.1) is 0 Å². The van der Waals surface area contributed by atoms with E-state index in [4.69, 9.17) is 4.74 Å². The van der Waals surface area contributed by atoms with Crippen LogP contribution in [0.5, 0.6) is 5.75 Å². The zero-order valence-electron chi connectivity index (χ0n) is 12.6. The molecular weight excluding hydrogens is 284 g/mol. The topological polar surface area (TPSA) is 22.1 Å². The van der Waals surface area contributed by atoms with Crippen LogP contribution in [0.3, 0.4) is 0 Å². The molecule has 0 atom stereocenters. The summed E-state index contributed by atoms with van der Waals surface area (Å²) in [6, 6.07) is 6.50. The average Bonchev–Trinajstić information content (AvgIpc) is 2.53. The molecule has 0 unspecified atom stereocenters. The molecule has 0 aliphatic carbocycles. The van der Waals surface area contributed by atoms with E-state index in [2.05, 4.69) is 23.7 Å². The number of rotatable bonds is 4. The SMILES string of the molecule is CCCc1ccc(C#Cc2ccc(OCC)c(F)c2F)nc1. The minimum Gasteiger partial charge on any atom is -0.491 e. The third-order valence-corrected chi connectivity index (χ3v) is 3.04. The number of aromatic nitrogens is 1. The largest absolute Gasteiger partial charge is 0.491 e. The summed E-state index contributed by atoms with van der Waals surface area (Å²) in [6.45, 7) is 4.07. The normalized spacial score (nSPS) is 10.0. The summed E-state index contributed by atoms with van der Waals surface area (Å²) in [4.78, 5) is 4.20. The van der Waals surface area contributed by atoms with E-state index in [-0.39, 0.29) is 17.9 Å². The predicted octanol–water partition coefficient (Wildman–Crippen LogP) is 4.11. The van der Waals surface area contributed by atoms with Gasteiger partial charge in [0.2, 0.25) is 5.82 Å². The van der Waals surface area contributed by atoms with Crippen molar-refractivity contribution in [2.45, 2.75) is 26.7 Å². The molecule has 0 N–H and O–H groups in total. The van der Waals surface area contributed by atoms with Crippen LogP contribution < -0.4 is 4.74 Å². The van der Waals surface area contributed by atoms with Crippen LogP contribution in [0, 0.1) is 23.5 Å². The lowest BCUT2D eigenvalue weighted by Gasteiger charge is -2.05. The van der Waals surface area contributed by atoms with E-state index in [0.717, 1.165) is 18.4 Å². The van der Waals surface area contributed by atoms with Crippen LogP contribution >= 0.6 is 0 Å². The van der Waals surface area contributed by atoms with Gasteiger partial charge in [-0.1, -0.05) is 25.3 Å². The number of hydrogen-bond acceptors (Lipinski definition) is 2. The number of ether oxygens (including phenoxy) is 1. The fourth-order valence-electron chi connectivity index (χ4n) is 1.96. The van der Waals surface area contributed by atoms with E-state index in [9.17, 15) is 8.78 Å². The van der Waals surface area contributed by atoms with Gasteiger partial charge in [-0.2, -0.15) is 4.39 Å². The highest BCUT2D eigenvalue weighted by atomic mass is 19.2. The van der Waals surface area contributed by atoms with Crippen molar-refractivity contribution in [3.8, 4) is 17.6 Å². The Kier molecular flexibility index (Phi) is 5.48. The Morgan fingerprint density at radius 1 is 1.05 bits per heavy atom. The first-order valence-corrected chi connectivity index (χ1v) is 7.23. The molecule has 0 spiro atoms. The molecule has 0 saturated heterocycles. The van der Waals surface area contributed by atoms with E-state index in [1.54, 1.807) is 19.2 Å². The lowest BCUT2D eigenvalue weighted by atomic mass is 10.1. The molecule has 2 aromatic rings. The summed E-state index contributed by atoms with van der Waals surface area (Å²) in [5.41, 5.74) is 1.64. The highest BCUT2D eigenvalue weighted by Gasteiger charge is 2.12. The Hall–Kier alpha value is -2.41. The van der Waals surface area contributed by atoms with Crippen molar-refractivity contribution in [2.24, 2.45) is 0 Å². The van der Waals surface area contributed by atoms with Gasteiger partial charge in [0.15, 0.2) is 11.6 Å². The monoisotopic (exact) mass is 301 g/mol. The number of aryl methyl sites for hydroxylation is 1. The van der Waals surface area contributed by atoms with E-state index in [0.29, 0.717) is 5.69 Å². The molecule has 1 aromatic heterocycles. The number of nitrogens with zero attached hydrogens (tertiary/aromatic N) is 1. The summed E-state index contributed by atoms with van der Waals surface area (Å²) in [6.07, 6.45) is 3.76. The average molecular weight is 301 g/mol. The van der Waals surface area contributed by atoms with Crippen LogP contribution in [0.1, 0.15) is 37.1 Å². The zero-order valence-corrected chi connectivity index (χ0v) is 12.6. The second-order valence-electron chi connectivity index (χ2n) is 4.72. The molecule has 0 fully saturated rings. The fraction of sp³-hybridized carbons (Fsp3) is 0.278. The fourth-order valence-corrected chi connectivity index (χ4v) is 1.96. The molecule has 0 bridgehead atoms. The summed E-state index contributed by atoms with van der Waals surface area (Å²) >= 11 is 0. The van der Waals surface area contributed by atoms with E-state index < -0.39 is 11.6 Å². The maximum Gasteiger partial charge on any atom is 0.201 e. The van der Waals surface area contributed by atoms with Gasteiger partial charge in [0.25, 0.3) is 0 Å². The van der Waals surface area contributed by atoms with Crippen molar-refractivity contribution in [3.63, 3.8) is 0 Å². The zero-order chi connectivity index (χ0) is 15.9. The van der Waals surface area contributed by atoms with Crippen LogP contribution in [0.2, 0.25) is 0 Å². The summed E-state index contributed by atoms with van der Waals surface area (Å²) in [5.74, 6) is 3.23. The van der Waals surface area contributed by atoms with Crippen molar-refractivity contribution in [3.05, 3.63) is 58.9 Å². The number of pyridine rings is 1. The van der Waals surface area contributed by atoms with E-state index >= 15 is 0 Å². The van der Waals surface area contributed by atoms with Gasteiger partial charge in [0.1, 0.15) is 5.69 Å². The number of benzene rings is 1. The van der Waals surface area contributed by atoms with Gasteiger partial charge in [-0.3, -0.25) is 0 Å². The van der Waals surface area contributed by atoms with Crippen molar-refractivity contribution < 1.29 is 13.5 Å². The van der Waals surface area contributed by atoms with Gasteiger partial charge in [0, 0.05) is 6.20 Å². The van der Waals surface area contributed by atoms with Crippen LogP contribution in [0.15, 0.2) is 30.5 Å². The van der Waals surface area contributed by atoms with Gasteiger partial charge in [-0.05, 0) is 43.0 Å². The Labute approximate surface area is 129 Å². The first-order valence-electron chi connectivity index (χ1n) is 7.23. The summed E-state index contributed by atoms with van der Waals surface area (Å²) in [5, 5.41) is 0. The molecule has 0 saturated carbocycles. The maximum absolute atomic E-state index is 13.9. The third-order valence-electron chi connectivity index (χ3n) is 3.04. The van der Waals surface area contributed by atoms with Crippen LogP contribution in [-0.2, 0) is 6.42 Å². The molecule has 114 valence electrons. The van der Waals surface area contributed by atoms with Crippen LogP contribution in [-0.4, -0.2) is 11.6 Å². The maximum atomic E-state index is 13.9. The minimum absolute atomic E-state index is 0.0135. The lowest BCUT2D eigenvalue weighted by Crippen LogP contribution is -1.98. The highest BCUT2D eigenvalue weighted by molar-refractivity contribution is 5.44. The summed E-state index contributed by atoms with van der Waals surface area (Å²) in [7, 11) is 0. The van der Waals surface area contributed by atoms with Gasteiger partial charge in [0.05, 0.1) is 12.2 Å². The number of hydrogen-bond donors (Lipinski definition) is 0. The Morgan fingerprint density at radius 2 is 1.86 bits per heavy atom. The first-order chi connectivity index (χ1) is 10.7. The van der Waals surface area contributed by atoms with Gasteiger partial charge in [-0.25, -0.2) is 9.37 Å². The van der Waals surface area contributed by atoms with E-state index in [1.807, 2.05) is 6.07 Å². The van der Waals surface area contributed by atoms with Crippen molar-refractivity contribution in [2.75, 3.05) is 6.61 Å². The second kappa shape index (κ2) is 7.56. The quantitative estimate of drug-likeness (QED) is 0.793. The summed E-state index contributed by atoms with van der Waals surface area (Å²) < 4.78 is 32.6. The van der Waals surface area contributed by atoms with Gasteiger partial charge >= 0.3 is 0 Å². The molecule has 0 aliphatic heterocycles. The molecule has 1 heterocycles. The predicted molar refractivity (Wildman–Crippen MR) is 81.7 cm³/mol. The highest BCUT2D eigenvalue weighted by Crippen LogP contribution is 2.22. The standard InChI is InChI=1S/C18H17F2NO/c1-3-5-13-6-9-15(21-12-13)10-7-14-8-11-16(22-4-2)18(20)17(14)19/h6,8-9,11-12H,3-5H2,1-2H3. The van der Waals surface area contributed by atoms with E-state index in [1.165, 1.54) is 12.1 Å². The van der Waals surface area contributed by atoms with Gasteiger partial charge < -0.3 is 4.74 Å². The van der Waals surface area contributed by atoms with Crippen molar-refractivity contribution >= 4 is 0 Å². The van der Waals surface area contributed by atoms with Crippen LogP contribution in [0.4, 0.5) is 8.78 Å². The molecule has 0 amide bonds. The molecule has 0 radical (unpaired) electrons. The minimum atomic E-state index is -1.01. The Morgan fingerprint density at radius 3 is 2.50 bits per heavy atom. The molecule has 4 heteroatoms. The molecule has 0 aliphatic rings. The molecule has 22 heavy (non-hydrogen) atoms. The van der Waals surface area contributed by atoms with Crippen molar-refractivity contribution in [1.82, 2.24) is 4.98 Å². The first kappa shape index (κ1) is 16.0. The Bertz CT molecular complexity index is 700. The van der Waals surface area contributed by atoms with Crippen LogP contribution in [0.25, 0.3) is 0 Å². The Balaban J connectivity index is 2.22. The molecular formula is C18H17F2NO. The molecule has 2 rings (SSSR count).